The summed E-state index contributed by atoms with van der Waals surface area (Å²) in [6.45, 7) is 5.53. The van der Waals surface area contributed by atoms with Crippen LogP contribution < -0.4 is 10.9 Å². The van der Waals surface area contributed by atoms with Gasteiger partial charge in [0.25, 0.3) is 0 Å². The summed E-state index contributed by atoms with van der Waals surface area (Å²) in [4.78, 5) is 37.0. The molecule has 0 radical (unpaired) electrons. The van der Waals surface area contributed by atoms with Gasteiger partial charge in [-0.2, -0.15) is 11.8 Å². The number of carbonyl (C=O) groups excluding carboxylic acids is 1. The molecule has 4 aromatic rings. The van der Waals surface area contributed by atoms with Crippen molar-refractivity contribution in [2.75, 3.05) is 12.0 Å². The fraction of sp³-hybridized carbons (Fsp3) is 0.296. The molecule has 4 rings (SSSR count). The Labute approximate surface area is 206 Å². The highest BCUT2D eigenvalue weighted by molar-refractivity contribution is 7.98. The molecule has 182 valence electrons. The van der Waals surface area contributed by atoms with Gasteiger partial charge in [0.15, 0.2) is 0 Å². The predicted octanol–water partition coefficient (Wildman–Crippen LogP) is 5.00. The van der Waals surface area contributed by atoms with Crippen LogP contribution in [-0.4, -0.2) is 35.0 Å². The number of carboxylic acids is 1. The van der Waals surface area contributed by atoms with Gasteiger partial charge in [-0.3, -0.25) is 4.79 Å². The Bertz CT molecular complexity index is 1490. The number of rotatable bonds is 8. The number of nitrogens with one attached hydrogen (secondary N) is 1. The van der Waals surface area contributed by atoms with Crippen molar-refractivity contribution in [1.82, 2.24) is 5.32 Å². The van der Waals surface area contributed by atoms with E-state index in [4.69, 9.17) is 8.83 Å². The zero-order valence-corrected chi connectivity index (χ0v) is 20.9. The quantitative estimate of drug-likeness (QED) is 0.333. The number of aliphatic carboxylic acids is 1. The van der Waals surface area contributed by atoms with E-state index in [0.29, 0.717) is 39.9 Å². The number of thioether (sulfide) groups is 1. The van der Waals surface area contributed by atoms with Gasteiger partial charge in [-0.15, -0.1) is 0 Å². The molecule has 1 amide bonds. The monoisotopic (exact) mass is 493 g/mol. The predicted molar refractivity (Wildman–Crippen MR) is 138 cm³/mol. The van der Waals surface area contributed by atoms with Crippen LogP contribution in [0.2, 0.25) is 0 Å². The number of hydrogen-bond donors (Lipinski definition) is 2. The molecule has 0 saturated heterocycles. The molecule has 0 bridgehead atoms. The van der Waals surface area contributed by atoms with Gasteiger partial charge in [0.05, 0.1) is 12.0 Å². The summed E-state index contributed by atoms with van der Waals surface area (Å²) in [6, 6.07) is 10.8. The highest BCUT2D eigenvalue weighted by Gasteiger charge is 2.24. The summed E-state index contributed by atoms with van der Waals surface area (Å²) < 4.78 is 11.8. The number of benzene rings is 2. The van der Waals surface area contributed by atoms with Crippen LogP contribution in [-0.2, 0) is 16.0 Å². The molecule has 2 aromatic carbocycles. The third kappa shape index (κ3) is 4.71. The molecule has 0 spiro atoms. The molecule has 1 unspecified atom stereocenters. The summed E-state index contributed by atoms with van der Waals surface area (Å²) in [5.41, 5.74) is 3.99. The largest absolute Gasteiger partial charge is 0.480 e. The van der Waals surface area contributed by atoms with Gasteiger partial charge in [0.2, 0.25) is 5.91 Å². The van der Waals surface area contributed by atoms with Gasteiger partial charge in [-0.25, -0.2) is 9.59 Å². The minimum Gasteiger partial charge on any atom is -0.480 e. The Kier molecular flexibility index (Phi) is 7.03. The van der Waals surface area contributed by atoms with E-state index in [1.54, 1.807) is 6.92 Å². The molecule has 2 heterocycles. The summed E-state index contributed by atoms with van der Waals surface area (Å²) in [5, 5.41) is 13.5. The van der Waals surface area contributed by atoms with Crippen molar-refractivity contribution < 1.29 is 23.5 Å². The number of aryl methyl sites for hydroxylation is 3. The topological polar surface area (TPSA) is 110 Å². The first-order chi connectivity index (χ1) is 16.7. The minimum absolute atomic E-state index is 0.212. The third-order valence-corrected chi connectivity index (χ3v) is 6.92. The SMILES string of the molecule is CSCCC(NC(=O)Cc1c(C)c2cc3c(-c4ccccc4)c(C)oc3c(C)c2oc1=O)C(=O)O. The lowest BCUT2D eigenvalue weighted by atomic mass is 9.96. The molecule has 0 aliphatic heterocycles. The standard InChI is InChI=1S/C27H27NO6S/c1-14-18-12-20-23(17-8-6-5-7-9-17)16(3)33-25(20)15(2)24(18)34-27(32)19(14)13-22(29)28-21(26(30)31)10-11-35-4/h5-9,12,21H,10-11,13H2,1-4H3,(H,28,29)(H,30,31). The first-order valence-corrected chi connectivity index (χ1v) is 12.7. The number of carbonyl (C=O) groups is 2. The second kappa shape index (κ2) is 10.00. The molecule has 7 nitrogen and oxygen atoms in total. The van der Waals surface area contributed by atoms with E-state index in [2.05, 4.69) is 5.32 Å². The van der Waals surface area contributed by atoms with Crippen LogP contribution in [0.5, 0.6) is 0 Å². The van der Waals surface area contributed by atoms with Gasteiger partial charge in [-0.05, 0) is 56.4 Å². The molecule has 2 aromatic heterocycles. The van der Waals surface area contributed by atoms with Crippen molar-refractivity contribution in [3.05, 3.63) is 69.3 Å². The van der Waals surface area contributed by atoms with E-state index < -0.39 is 23.5 Å². The zero-order chi connectivity index (χ0) is 25.3. The van der Waals surface area contributed by atoms with Crippen molar-refractivity contribution in [2.24, 2.45) is 0 Å². The maximum Gasteiger partial charge on any atom is 0.340 e. The Morgan fingerprint density at radius 3 is 2.37 bits per heavy atom. The van der Waals surface area contributed by atoms with E-state index >= 15 is 0 Å². The molecule has 1 atom stereocenters. The maximum atomic E-state index is 12.9. The Morgan fingerprint density at radius 1 is 1.03 bits per heavy atom. The first-order valence-electron chi connectivity index (χ1n) is 11.3. The molecule has 8 heteroatoms. The summed E-state index contributed by atoms with van der Waals surface area (Å²) in [5.74, 6) is -0.279. The average Bonchev–Trinajstić information content (AvgIpc) is 3.17. The Hall–Kier alpha value is -3.52. The molecule has 0 fully saturated rings. The van der Waals surface area contributed by atoms with Crippen LogP contribution in [0.4, 0.5) is 0 Å². The molecule has 0 aliphatic carbocycles. The van der Waals surface area contributed by atoms with Gasteiger partial charge in [0.1, 0.15) is 23.0 Å². The molecule has 35 heavy (non-hydrogen) atoms. The smallest absolute Gasteiger partial charge is 0.340 e. The minimum atomic E-state index is -1.10. The molecule has 0 aliphatic rings. The van der Waals surface area contributed by atoms with Gasteiger partial charge >= 0.3 is 11.6 Å². The third-order valence-electron chi connectivity index (χ3n) is 6.28. The molecule has 2 N–H and O–H groups in total. The fourth-order valence-corrected chi connectivity index (χ4v) is 4.91. The van der Waals surface area contributed by atoms with Crippen LogP contribution in [0.15, 0.2) is 50.0 Å². The van der Waals surface area contributed by atoms with Crippen molar-refractivity contribution in [3.8, 4) is 11.1 Å². The summed E-state index contributed by atoms with van der Waals surface area (Å²) in [7, 11) is 0. The normalized spacial score (nSPS) is 12.2. The van der Waals surface area contributed by atoms with E-state index in [1.807, 2.05) is 56.5 Å². The van der Waals surface area contributed by atoms with Crippen molar-refractivity contribution in [1.29, 1.82) is 0 Å². The second-order valence-corrected chi connectivity index (χ2v) is 9.55. The van der Waals surface area contributed by atoms with Crippen LogP contribution >= 0.6 is 11.8 Å². The Balaban J connectivity index is 1.79. The lowest BCUT2D eigenvalue weighted by Crippen LogP contribution is -2.42. The van der Waals surface area contributed by atoms with Crippen molar-refractivity contribution in [2.45, 2.75) is 39.7 Å². The number of fused-ring (bicyclic) bond motifs is 2. The van der Waals surface area contributed by atoms with E-state index in [1.165, 1.54) is 11.8 Å². The Morgan fingerprint density at radius 2 is 1.71 bits per heavy atom. The van der Waals surface area contributed by atoms with Crippen LogP contribution in [0.25, 0.3) is 33.1 Å². The molecule has 0 saturated carbocycles. The van der Waals surface area contributed by atoms with Crippen molar-refractivity contribution in [3.63, 3.8) is 0 Å². The summed E-state index contributed by atoms with van der Waals surface area (Å²) in [6.07, 6.45) is 1.90. The van der Waals surface area contributed by atoms with Crippen LogP contribution in [0.1, 0.15) is 28.9 Å². The van der Waals surface area contributed by atoms with E-state index in [9.17, 15) is 19.5 Å². The highest BCUT2D eigenvalue weighted by Crippen LogP contribution is 2.39. The van der Waals surface area contributed by atoms with Crippen LogP contribution in [0.3, 0.4) is 0 Å². The number of carboxylic acid groups (broad SMARTS) is 1. The van der Waals surface area contributed by atoms with Crippen molar-refractivity contribution >= 4 is 45.6 Å². The summed E-state index contributed by atoms with van der Waals surface area (Å²) >= 11 is 1.50. The number of amides is 1. The second-order valence-electron chi connectivity index (χ2n) is 8.56. The highest BCUT2D eigenvalue weighted by atomic mass is 32.2. The lowest BCUT2D eigenvalue weighted by Gasteiger charge is -2.15. The fourth-order valence-electron chi connectivity index (χ4n) is 4.44. The maximum absolute atomic E-state index is 12.9. The average molecular weight is 494 g/mol. The first kappa shape index (κ1) is 24.6. The van der Waals surface area contributed by atoms with E-state index in [0.717, 1.165) is 22.3 Å². The molecular formula is C27H27NO6S. The zero-order valence-electron chi connectivity index (χ0n) is 20.1. The molecular weight excluding hydrogens is 466 g/mol. The van der Waals surface area contributed by atoms with E-state index in [-0.39, 0.29) is 12.0 Å². The van der Waals surface area contributed by atoms with Gasteiger partial charge < -0.3 is 19.3 Å². The number of hydrogen-bond acceptors (Lipinski definition) is 6. The van der Waals surface area contributed by atoms with Crippen LogP contribution in [0, 0.1) is 20.8 Å². The van der Waals surface area contributed by atoms with Gasteiger partial charge in [-0.1, -0.05) is 30.3 Å². The lowest BCUT2D eigenvalue weighted by molar-refractivity contribution is -0.141. The van der Waals surface area contributed by atoms with Gasteiger partial charge in [0, 0.05) is 21.9 Å². The number of furan rings is 1.